The van der Waals surface area contributed by atoms with Crippen molar-refractivity contribution >= 4 is 17.3 Å². The van der Waals surface area contributed by atoms with E-state index in [-0.39, 0.29) is 0 Å². The summed E-state index contributed by atoms with van der Waals surface area (Å²) in [4.78, 5) is 0. The topological polar surface area (TPSA) is 12.0 Å². The molecule has 2 saturated carbocycles. The summed E-state index contributed by atoms with van der Waals surface area (Å²) in [6, 6.07) is 6.73. The normalized spacial score (nSPS) is 35.6. The molecule has 19 heavy (non-hydrogen) atoms. The molecule has 0 radical (unpaired) electrons. The van der Waals surface area contributed by atoms with Crippen LogP contribution in [0.15, 0.2) is 18.2 Å². The van der Waals surface area contributed by atoms with E-state index >= 15 is 0 Å². The van der Waals surface area contributed by atoms with Crippen LogP contribution in [0.4, 0.5) is 5.69 Å². The van der Waals surface area contributed by atoms with Crippen LogP contribution in [0.25, 0.3) is 0 Å². The molecule has 0 amide bonds. The lowest BCUT2D eigenvalue weighted by Crippen LogP contribution is -2.45. The van der Waals surface area contributed by atoms with Crippen molar-refractivity contribution in [3.05, 3.63) is 28.8 Å². The van der Waals surface area contributed by atoms with Crippen molar-refractivity contribution in [2.24, 2.45) is 16.7 Å². The highest BCUT2D eigenvalue weighted by molar-refractivity contribution is 6.30. The van der Waals surface area contributed by atoms with Crippen LogP contribution in [0.3, 0.4) is 0 Å². The Bertz CT molecular complexity index is 503. The summed E-state index contributed by atoms with van der Waals surface area (Å²) in [5.41, 5.74) is 3.34. The van der Waals surface area contributed by atoms with Gasteiger partial charge in [0.1, 0.15) is 0 Å². The maximum Gasteiger partial charge on any atom is 0.0410 e. The zero-order valence-corrected chi connectivity index (χ0v) is 13.1. The minimum absolute atomic E-state index is 0.388. The molecule has 3 rings (SSSR count). The molecule has 2 aliphatic carbocycles. The molecular formula is C17H24ClN. The molecule has 2 bridgehead atoms. The van der Waals surface area contributed by atoms with Crippen molar-refractivity contribution < 1.29 is 0 Å². The van der Waals surface area contributed by atoms with Gasteiger partial charge in [-0.05, 0) is 66.7 Å². The summed E-state index contributed by atoms with van der Waals surface area (Å²) in [6.45, 7) is 9.47. The van der Waals surface area contributed by atoms with Gasteiger partial charge in [0.25, 0.3) is 0 Å². The SMILES string of the molecule is Cc1cc(Cl)ccc1NC1C(C)(C)[C@H]2CC[C@]1(C)C2. The van der Waals surface area contributed by atoms with Gasteiger partial charge in [0.2, 0.25) is 0 Å². The lowest BCUT2D eigenvalue weighted by molar-refractivity contribution is 0.155. The van der Waals surface area contributed by atoms with Gasteiger partial charge < -0.3 is 5.32 Å². The fourth-order valence-corrected chi connectivity index (χ4v) is 4.83. The highest BCUT2D eigenvalue weighted by Gasteiger charge is 2.59. The molecule has 1 nitrogen and oxygen atoms in total. The van der Waals surface area contributed by atoms with Gasteiger partial charge in [-0.25, -0.2) is 0 Å². The molecule has 2 fully saturated rings. The largest absolute Gasteiger partial charge is 0.381 e. The van der Waals surface area contributed by atoms with Crippen LogP contribution in [0, 0.1) is 23.7 Å². The third-order valence-corrected chi connectivity index (χ3v) is 5.99. The summed E-state index contributed by atoms with van der Waals surface area (Å²) in [7, 11) is 0. The van der Waals surface area contributed by atoms with Crippen LogP contribution in [0.5, 0.6) is 0 Å². The Morgan fingerprint density at radius 1 is 1.26 bits per heavy atom. The molecule has 0 heterocycles. The molecule has 1 aromatic carbocycles. The number of halogens is 1. The number of hydrogen-bond acceptors (Lipinski definition) is 1. The molecule has 104 valence electrons. The average Bonchev–Trinajstić information content (AvgIpc) is 2.78. The Hall–Kier alpha value is -0.690. The maximum absolute atomic E-state index is 6.05. The fourth-order valence-electron chi connectivity index (χ4n) is 4.61. The van der Waals surface area contributed by atoms with Crippen LogP contribution >= 0.6 is 11.6 Å². The first kappa shape index (κ1) is 13.3. The van der Waals surface area contributed by atoms with Crippen LogP contribution in [-0.4, -0.2) is 6.04 Å². The number of nitrogens with one attached hydrogen (secondary N) is 1. The van der Waals surface area contributed by atoms with Crippen molar-refractivity contribution in [1.29, 1.82) is 0 Å². The Morgan fingerprint density at radius 2 is 2.00 bits per heavy atom. The molecular weight excluding hydrogens is 254 g/mol. The fraction of sp³-hybridized carbons (Fsp3) is 0.647. The summed E-state index contributed by atoms with van der Waals surface area (Å²) in [5, 5.41) is 4.66. The highest BCUT2D eigenvalue weighted by Crippen LogP contribution is 2.63. The second kappa shape index (κ2) is 4.15. The van der Waals surface area contributed by atoms with Gasteiger partial charge in [-0.2, -0.15) is 0 Å². The van der Waals surface area contributed by atoms with E-state index in [1.54, 1.807) is 0 Å². The predicted octanol–water partition coefficient (Wildman–Crippen LogP) is 5.28. The highest BCUT2D eigenvalue weighted by atomic mass is 35.5. The Morgan fingerprint density at radius 3 is 2.58 bits per heavy atom. The van der Waals surface area contributed by atoms with E-state index in [4.69, 9.17) is 11.6 Å². The summed E-state index contributed by atoms with van der Waals surface area (Å²) in [6.07, 6.45) is 4.15. The molecule has 0 spiro atoms. The molecule has 0 saturated heterocycles. The van der Waals surface area contributed by atoms with Crippen molar-refractivity contribution in [2.45, 2.75) is 53.0 Å². The standard InChI is InChI=1S/C17H24ClN/c1-11-9-13(18)5-6-14(11)19-15-16(2,3)12-7-8-17(15,4)10-12/h5-6,9,12,15,19H,7-8,10H2,1-4H3/t12-,15?,17+/m0/s1. The zero-order chi connectivity index (χ0) is 13.8. The van der Waals surface area contributed by atoms with E-state index in [0.29, 0.717) is 16.9 Å². The van der Waals surface area contributed by atoms with Gasteiger partial charge >= 0.3 is 0 Å². The van der Waals surface area contributed by atoms with Crippen LogP contribution in [-0.2, 0) is 0 Å². The van der Waals surface area contributed by atoms with Gasteiger partial charge in [0.05, 0.1) is 0 Å². The molecule has 2 heteroatoms. The van der Waals surface area contributed by atoms with Crippen molar-refractivity contribution in [1.82, 2.24) is 0 Å². The monoisotopic (exact) mass is 277 g/mol. The van der Waals surface area contributed by atoms with Gasteiger partial charge in [0, 0.05) is 16.8 Å². The first-order chi connectivity index (χ1) is 8.83. The van der Waals surface area contributed by atoms with Crippen LogP contribution in [0.2, 0.25) is 5.02 Å². The Balaban J connectivity index is 1.90. The van der Waals surface area contributed by atoms with Crippen LogP contribution in [0.1, 0.15) is 45.6 Å². The van der Waals surface area contributed by atoms with Gasteiger partial charge in [-0.15, -0.1) is 0 Å². The zero-order valence-electron chi connectivity index (χ0n) is 12.4. The van der Waals surface area contributed by atoms with E-state index in [1.165, 1.54) is 30.5 Å². The van der Waals surface area contributed by atoms with E-state index < -0.39 is 0 Å². The first-order valence-corrected chi connectivity index (χ1v) is 7.73. The maximum atomic E-state index is 6.05. The quantitative estimate of drug-likeness (QED) is 0.776. The van der Waals surface area contributed by atoms with Gasteiger partial charge in [0.15, 0.2) is 0 Å². The number of hydrogen-bond donors (Lipinski definition) is 1. The molecule has 1 unspecified atom stereocenters. The Labute approximate surface area is 121 Å². The number of rotatable bonds is 2. The molecule has 0 aliphatic heterocycles. The molecule has 3 atom stereocenters. The number of anilines is 1. The predicted molar refractivity (Wildman–Crippen MR) is 82.8 cm³/mol. The number of aryl methyl sites for hydroxylation is 1. The summed E-state index contributed by atoms with van der Waals surface area (Å²) in [5.74, 6) is 0.877. The summed E-state index contributed by atoms with van der Waals surface area (Å²) >= 11 is 6.05. The van der Waals surface area contributed by atoms with Crippen molar-refractivity contribution in [3.8, 4) is 0 Å². The lowest BCUT2D eigenvalue weighted by Gasteiger charge is -2.44. The second-order valence-electron chi connectivity index (χ2n) is 7.45. The van der Waals surface area contributed by atoms with Gasteiger partial charge in [-0.1, -0.05) is 32.4 Å². The van der Waals surface area contributed by atoms with Gasteiger partial charge in [-0.3, -0.25) is 0 Å². The lowest BCUT2D eigenvalue weighted by atomic mass is 9.68. The average molecular weight is 278 g/mol. The third kappa shape index (κ3) is 1.98. The van der Waals surface area contributed by atoms with E-state index in [2.05, 4.69) is 39.1 Å². The van der Waals surface area contributed by atoms with E-state index in [9.17, 15) is 0 Å². The van der Waals surface area contributed by atoms with Crippen molar-refractivity contribution in [3.63, 3.8) is 0 Å². The molecule has 1 aromatic rings. The molecule has 2 aliphatic rings. The second-order valence-corrected chi connectivity index (χ2v) is 7.89. The first-order valence-electron chi connectivity index (χ1n) is 7.36. The van der Waals surface area contributed by atoms with Crippen LogP contribution < -0.4 is 5.32 Å². The molecule has 1 N–H and O–H groups in total. The smallest absolute Gasteiger partial charge is 0.0410 e. The minimum atomic E-state index is 0.388. The summed E-state index contributed by atoms with van der Waals surface area (Å²) < 4.78 is 0. The minimum Gasteiger partial charge on any atom is -0.381 e. The van der Waals surface area contributed by atoms with E-state index in [1.807, 2.05) is 12.1 Å². The number of fused-ring (bicyclic) bond motifs is 2. The number of benzene rings is 1. The molecule has 0 aromatic heterocycles. The third-order valence-electron chi connectivity index (χ3n) is 5.76. The Kier molecular flexibility index (Phi) is 2.91. The van der Waals surface area contributed by atoms with Crippen molar-refractivity contribution in [2.75, 3.05) is 5.32 Å². The van der Waals surface area contributed by atoms with E-state index in [0.717, 1.165) is 10.9 Å².